The van der Waals surface area contributed by atoms with E-state index < -0.39 is 24.4 Å². The number of hydrogen-bond acceptors (Lipinski definition) is 4. The quantitative estimate of drug-likeness (QED) is 0.830. The Labute approximate surface area is 114 Å². The van der Waals surface area contributed by atoms with Gasteiger partial charge in [0.05, 0.1) is 13.0 Å². The third-order valence-corrected chi connectivity index (χ3v) is 2.80. The number of rotatable bonds is 4. The van der Waals surface area contributed by atoms with Gasteiger partial charge in [0, 0.05) is 18.3 Å². The molecule has 0 aromatic heterocycles. The monoisotopic (exact) mass is 284 g/mol. The number of nitrogens with one attached hydrogen (secondary N) is 2. The SMILES string of the molecule is CC(=O)Nc1ccc(NCC2CC(F)(F)C(=O)O2)cc1. The second-order valence-corrected chi connectivity index (χ2v) is 4.58. The first kappa shape index (κ1) is 14.2. The Bertz CT molecular complexity index is 517. The molecule has 1 fully saturated rings. The molecule has 108 valence electrons. The van der Waals surface area contributed by atoms with Crippen LogP contribution < -0.4 is 10.6 Å². The second-order valence-electron chi connectivity index (χ2n) is 4.58. The van der Waals surface area contributed by atoms with Crippen molar-refractivity contribution in [3.63, 3.8) is 0 Å². The number of anilines is 2. The highest BCUT2D eigenvalue weighted by Crippen LogP contribution is 2.30. The normalized spacial score (nSPS) is 20.4. The topological polar surface area (TPSA) is 67.4 Å². The van der Waals surface area contributed by atoms with E-state index in [0.717, 1.165) is 0 Å². The molecule has 1 aromatic carbocycles. The van der Waals surface area contributed by atoms with Crippen LogP contribution in [0, 0.1) is 0 Å². The zero-order chi connectivity index (χ0) is 14.8. The van der Waals surface area contributed by atoms with E-state index in [-0.39, 0.29) is 12.5 Å². The van der Waals surface area contributed by atoms with E-state index in [1.54, 1.807) is 24.3 Å². The highest BCUT2D eigenvalue weighted by Gasteiger charge is 2.50. The van der Waals surface area contributed by atoms with Crippen LogP contribution in [0.2, 0.25) is 0 Å². The molecule has 1 aromatic rings. The van der Waals surface area contributed by atoms with Crippen LogP contribution in [-0.2, 0) is 14.3 Å². The van der Waals surface area contributed by atoms with Crippen molar-refractivity contribution in [2.75, 3.05) is 17.2 Å². The van der Waals surface area contributed by atoms with Gasteiger partial charge in [-0.05, 0) is 24.3 Å². The molecule has 1 heterocycles. The van der Waals surface area contributed by atoms with E-state index in [4.69, 9.17) is 0 Å². The molecule has 5 nitrogen and oxygen atoms in total. The van der Waals surface area contributed by atoms with Crippen molar-refractivity contribution in [3.05, 3.63) is 24.3 Å². The van der Waals surface area contributed by atoms with Gasteiger partial charge in [-0.25, -0.2) is 4.79 Å². The number of carbonyl (C=O) groups excluding carboxylic acids is 2. The van der Waals surface area contributed by atoms with Gasteiger partial charge in [-0.15, -0.1) is 0 Å². The van der Waals surface area contributed by atoms with Gasteiger partial charge in [-0.1, -0.05) is 0 Å². The summed E-state index contributed by atoms with van der Waals surface area (Å²) in [7, 11) is 0. The number of amides is 1. The van der Waals surface area contributed by atoms with Gasteiger partial charge in [-0.3, -0.25) is 4.79 Å². The summed E-state index contributed by atoms with van der Waals surface area (Å²) in [6.07, 6.45) is -1.45. The molecule has 0 saturated carbocycles. The average molecular weight is 284 g/mol. The maximum absolute atomic E-state index is 12.9. The fourth-order valence-corrected chi connectivity index (χ4v) is 1.87. The Morgan fingerprint density at radius 2 is 1.95 bits per heavy atom. The van der Waals surface area contributed by atoms with Crippen molar-refractivity contribution in [2.24, 2.45) is 0 Å². The highest BCUT2D eigenvalue weighted by atomic mass is 19.3. The van der Waals surface area contributed by atoms with Gasteiger partial charge >= 0.3 is 11.9 Å². The first-order chi connectivity index (χ1) is 9.37. The van der Waals surface area contributed by atoms with Crippen LogP contribution in [0.15, 0.2) is 24.3 Å². The predicted octanol–water partition coefficient (Wildman–Crippen LogP) is 2.01. The number of halogens is 2. The number of cyclic esters (lactones) is 1. The lowest BCUT2D eigenvalue weighted by Crippen LogP contribution is -2.22. The third kappa shape index (κ3) is 3.43. The van der Waals surface area contributed by atoms with E-state index in [2.05, 4.69) is 15.4 Å². The second kappa shape index (κ2) is 5.44. The molecule has 1 saturated heterocycles. The van der Waals surface area contributed by atoms with Crippen LogP contribution in [-0.4, -0.2) is 30.4 Å². The van der Waals surface area contributed by atoms with E-state index in [1.807, 2.05) is 0 Å². The molecule has 1 atom stereocenters. The summed E-state index contributed by atoms with van der Waals surface area (Å²) in [6.45, 7) is 1.52. The molecule has 1 aliphatic heterocycles. The number of ether oxygens (including phenoxy) is 1. The number of carbonyl (C=O) groups is 2. The third-order valence-electron chi connectivity index (χ3n) is 2.80. The molecule has 1 aliphatic rings. The molecule has 0 bridgehead atoms. The smallest absolute Gasteiger partial charge is 0.377 e. The lowest BCUT2D eigenvalue weighted by Gasteiger charge is -2.11. The summed E-state index contributed by atoms with van der Waals surface area (Å²) in [5.74, 6) is -5.03. The van der Waals surface area contributed by atoms with E-state index in [1.165, 1.54) is 6.92 Å². The zero-order valence-corrected chi connectivity index (χ0v) is 10.8. The Morgan fingerprint density at radius 1 is 1.35 bits per heavy atom. The molecular formula is C13H14F2N2O3. The largest absolute Gasteiger partial charge is 0.456 e. The number of hydrogen-bond donors (Lipinski definition) is 2. The molecule has 0 aliphatic carbocycles. The van der Waals surface area contributed by atoms with Crippen molar-refractivity contribution in [2.45, 2.75) is 25.4 Å². The highest BCUT2D eigenvalue weighted by molar-refractivity contribution is 5.88. The maximum Gasteiger partial charge on any atom is 0.377 e. The average Bonchev–Trinajstić information content (AvgIpc) is 2.62. The van der Waals surface area contributed by atoms with Crippen molar-refractivity contribution in [1.82, 2.24) is 0 Å². The van der Waals surface area contributed by atoms with Crippen LogP contribution in [0.4, 0.5) is 20.2 Å². The fourth-order valence-electron chi connectivity index (χ4n) is 1.87. The van der Waals surface area contributed by atoms with Gasteiger partial charge in [0.1, 0.15) is 6.10 Å². The Kier molecular flexibility index (Phi) is 3.87. The molecule has 2 rings (SSSR count). The van der Waals surface area contributed by atoms with E-state index in [9.17, 15) is 18.4 Å². The van der Waals surface area contributed by atoms with Crippen LogP contribution in [0.5, 0.6) is 0 Å². The van der Waals surface area contributed by atoms with Gasteiger partial charge in [0.25, 0.3) is 0 Å². The number of alkyl halides is 2. The fraction of sp³-hybridized carbons (Fsp3) is 0.385. The summed E-state index contributed by atoms with van der Waals surface area (Å²) in [5.41, 5.74) is 1.33. The Hall–Kier alpha value is -2.18. The minimum atomic E-state index is -3.39. The zero-order valence-electron chi connectivity index (χ0n) is 10.8. The van der Waals surface area contributed by atoms with Gasteiger partial charge < -0.3 is 15.4 Å². The summed E-state index contributed by atoms with van der Waals surface area (Å²) >= 11 is 0. The molecule has 7 heteroatoms. The van der Waals surface area contributed by atoms with E-state index in [0.29, 0.717) is 11.4 Å². The summed E-state index contributed by atoms with van der Waals surface area (Å²) in [6, 6.07) is 6.75. The first-order valence-electron chi connectivity index (χ1n) is 6.07. The Morgan fingerprint density at radius 3 is 2.45 bits per heavy atom. The molecule has 20 heavy (non-hydrogen) atoms. The summed E-state index contributed by atoms with van der Waals surface area (Å²) < 4.78 is 30.5. The van der Waals surface area contributed by atoms with Crippen LogP contribution in [0.25, 0.3) is 0 Å². The molecular weight excluding hydrogens is 270 g/mol. The molecule has 0 spiro atoms. The van der Waals surface area contributed by atoms with Crippen molar-refractivity contribution < 1.29 is 23.1 Å². The van der Waals surface area contributed by atoms with Crippen LogP contribution in [0.3, 0.4) is 0 Å². The van der Waals surface area contributed by atoms with Crippen molar-refractivity contribution >= 4 is 23.3 Å². The summed E-state index contributed by atoms with van der Waals surface area (Å²) in [4.78, 5) is 21.7. The van der Waals surface area contributed by atoms with Gasteiger partial charge in [-0.2, -0.15) is 8.78 Å². The van der Waals surface area contributed by atoms with Crippen molar-refractivity contribution in [3.8, 4) is 0 Å². The van der Waals surface area contributed by atoms with E-state index >= 15 is 0 Å². The minimum Gasteiger partial charge on any atom is -0.456 e. The first-order valence-corrected chi connectivity index (χ1v) is 6.07. The van der Waals surface area contributed by atoms with Crippen LogP contribution >= 0.6 is 0 Å². The lowest BCUT2D eigenvalue weighted by atomic mass is 10.2. The van der Waals surface area contributed by atoms with Crippen molar-refractivity contribution in [1.29, 1.82) is 0 Å². The minimum absolute atomic E-state index is 0.112. The standard InChI is InChI=1S/C13H14F2N2O3/c1-8(18)17-10-4-2-9(3-5-10)16-7-11-6-13(14,15)12(19)20-11/h2-5,11,16H,6-7H2,1H3,(H,17,18). The number of benzene rings is 1. The lowest BCUT2D eigenvalue weighted by molar-refractivity contribution is -0.158. The molecule has 0 radical (unpaired) electrons. The predicted molar refractivity (Wildman–Crippen MR) is 68.7 cm³/mol. The molecule has 2 N–H and O–H groups in total. The Balaban J connectivity index is 1.86. The number of esters is 1. The summed E-state index contributed by atoms with van der Waals surface area (Å²) in [5, 5.41) is 5.51. The maximum atomic E-state index is 12.9. The van der Waals surface area contributed by atoms with Gasteiger partial charge in [0.2, 0.25) is 5.91 Å². The molecule has 1 unspecified atom stereocenters. The molecule has 1 amide bonds. The van der Waals surface area contributed by atoms with Crippen LogP contribution in [0.1, 0.15) is 13.3 Å². The van der Waals surface area contributed by atoms with Gasteiger partial charge in [0.15, 0.2) is 0 Å².